The van der Waals surface area contributed by atoms with Gasteiger partial charge in [0.05, 0.1) is 0 Å². The standard InChI is InChI=1S/C20H21N/c1-3-7-18-15(5-1)9-10-16-6-2-4-8-19(16)20(18)17-11-13-21-14-12-17/h1-10,17,20-21H,11-14H2. The van der Waals surface area contributed by atoms with E-state index < -0.39 is 0 Å². The molecule has 1 nitrogen and oxygen atoms in total. The van der Waals surface area contributed by atoms with Crippen LogP contribution < -0.4 is 5.32 Å². The van der Waals surface area contributed by atoms with E-state index in [1.807, 2.05) is 0 Å². The van der Waals surface area contributed by atoms with Gasteiger partial charge >= 0.3 is 0 Å². The minimum absolute atomic E-state index is 0.537. The first-order chi connectivity index (χ1) is 10.4. The zero-order valence-corrected chi connectivity index (χ0v) is 12.3. The predicted octanol–water partition coefficient (Wildman–Crippen LogP) is 4.30. The lowest BCUT2D eigenvalue weighted by Crippen LogP contribution is -2.31. The molecule has 2 aromatic carbocycles. The van der Waals surface area contributed by atoms with E-state index in [4.69, 9.17) is 0 Å². The molecule has 0 amide bonds. The largest absolute Gasteiger partial charge is 0.317 e. The number of piperidine rings is 1. The molecule has 1 heteroatoms. The molecule has 21 heavy (non-hydrogen) atoms. The van der Waals surface area contributed by atoms with E-state index in [0.29, 0.717) is 5.92 Å². The molecule has 106 valence electrons. The Morgan fingerprint density at radius 1 is 0.714 bits per heavy atom. The van der Waals surface area contributed by atoms with Crippen LogP contribution in [-0.4, -0.2) is 13.1 Å². The van der Waals surface area contributed by atoms with Crippen LogP contribution in [0.1, 0.15) is 41.0 Å². The van der Waals surface area contributed by atoms with Crippen LogP contribution in [0.2, 0.25) is 0 Å². The van der Waals surface area contributed by atoms with Crippen molar-refractivity contribution in [3.05, 3.63) is 70.8 Å². The lowest BCUT2D eigenvalue weighted by Gasteiger charge is -2.32. The highest BCUT2D eigenvalue weighted by molar-refractivity contribution is 5.76. The molecule has 0 aromatic heterocycles. The van der Waals surface area contributed by atoms with Crippen molar-refractivity contribution < 1.29 is 0 Å². The summed E-state index contributed by atoms with van der Waals surface area (Å²) in [7, 11) is 0. The summed E-state index contributed by atoms with van der Waals surface area (Å²) in [5.74, 6) is 1.28. The molecule has 0 radical (unpaired) electrons. The van der Waals surface area contributed by atoms with Crippen LogP contribution in [0, 0.1) is 5.92 Å². The molecule has 4 rings (SSSR count). The molecule has 1 heterocycles. The minimum Gasteiger partial charge on any atom is -0.317 e. The topological polar surface area (TPSA) is 12.0 Å². The van der Waals surface area contributed by atoms with Crippen LogP contribution in [0.5, 0.6) is 0 Å². The van der Waals surface area contributed by atoms with Crippen LogP contribution in [0.4, 0.5) is 0 Å². The Labute approximate surface area is 126 Å². The third-order valence-corrected chi connectivity index (χ3v) is 4.96. The number of fused-ring (bicyclic) bond motifs is 2. The van der Waals surface area contributed by atoms with E-state index >= 15 is 0 Å². The van der Waals surface area contributed by atoms with Gasteiger partial charge in [0.25, 0.3) is 0 Å². The summed E-state index contributed by atoms with van der Waals surface area (Å²) >= 11 is 0. The minimum atomic E-state index is 0.537. The summed E-state index contributed by atoms with van der Waals surface area (Å²) in [6.45, 7) is 2.30. The van der Waals surface area contributed by atoms with Crippen molar-refractivity contribution in [2.45, 2.75) is 18.8 Å². The zero-order chi connectivity index (χ0) is 14.1. The summed E-state index contributed by atoms with van der Waals surface area (Å²) in [4.78, 5) is 0. The van der Waals surface area contributed by atoms with Crippen LogP contribution in [0.3, 0.4) is 0 Å². The normalized spacial score (nSPS) is 18.9. The molecule has 1 saturated heterocycles. The number of rotatable bonds is 1. The summed E-state index contributed by atoms with van der Waals surface area (Å²) in [5.41, 5.74) is 5.78. The molecule has 0 unspecified atom stereocenters. The molecule has 1 aliphatic heterocycles. The predicted molar refractivity (Wildman–Crippen MR) is 89.2 cm³/mol. The fraction of sp³-hybridized carbons (Fsp3) is 0.300. The van der Waals surface area contributed by atoms with Crippen LogP contribution in [0.25, 0.3) is 12.2 Å². The Bertz CT molecular complexity index is 616. The van der Waals surface area contributed by atoms with Gasteiger partial charge in [-0.25, -0.2) is 0 Å². The quantitative estimate of drug-likeness (QED) is 0.818. The second-order valence-electron chi connectivity index (χ2n) is 6.16. The van der Waals surface area contributed by atoms with Gasteiger partial charge in [0.1, 0.15) is 0 Å². The van der Waals surface area contributed by atoms with Crippen molar-refractivity contribution in [3.8, 4) is 0 Å². The first-order valence-corrected chi connectivity index (χ1v) is 8.00. The van der Waals surface area contributed by atoms with E-state index in [9.17, 15) is 0 Å². The Kier molecular flexibility index (Phi) is 3.36. The van der Waals surface area contributed by atoms with E-state index in [0.717, 1.165) is 19.0 Å². The van der Waals surface area contributed by atoms with Gasteiger partial charge in [-0.1, -0.05) is 60.7 Å². The molecule has 1 N–H and O–H groups in total. The molecule has 2 aromatic rings. The van der Waals surface area contributed by atoms with Gasteiger partial charge < -0.3 is 5.32 Å². The highest BCUT2D eigenvalue weighted by Crippen LogP contribution is 2.42. The van der Waals surface area contributed by atoms with Crippen molar-refractivity contribution in [1.29, 1.82) is 0 Å². The van der Waals surface area contributed by atoms with Crippen molar-refractivity contribution in [1.82, 2.24) is 5.32 Å². The van der Waals surface area contributed by atoms with Crippen LogP contribution in [-0.2, 0) is 0 Å². The molecule has 0 bridgehead atoms. The van der Waals surface area contributed by atoms with Crippen molar-refractivity contribution in [2.24, 2.45) is 5.92 Å². The van der Waals surface area contributed by atoms with Gasteiger partial charge in [-0.15, -0.1) is 0 Å². The monoisotopic (exact) mass is 275 g/mol. The Balaban J connectivity index is 1.88. The van der Waals surface area contributed by atoms with Crippen LogP contribution in [0.15, 0.2) is 48.5 Å². The average molecular weight is 275 g/mol. The maximum absolute atomic E-state index is 3.50. The maximum atomic E-state index is 3.50. The fourth-order valence-electron chi connectivity index (χ4n) is 3.92. The number of benzene rings is 2. The van der Waals surface area contributed by atoms with Gasteiger partial charge in [0.2, 0.25) is 0 Å². The molecule has 0 spiro atoms. The zero-order valence-electron chi connectivity index (χ0n) is 12.3. The second-order valence-corrected chi connectivity index (χ2v) is 6.16. The highest BCUT2D eigenvalue weighted by atomic mass is 14.9. The van der Waals surface area contributed by atoms with Crippen molar-refractivity contribution in [3.63, 3.8) is 0 Å². The van der Waals surface area contributed by atoms with Gasteiger partial charge in [-0.3, -0.25) is 0 Å². The molecule has 0 atom stereocenters. The molecular formula is C20H21N. The summed E-state index contributed by atoms with van der Waals surface area (Å²) < 4.78 is 0. The van der Waals surface area contributed by atoms with Crippen molar-refractivity contribution >= 4 is 12.2 Å². The molecular weight excluding hydrogens is 254 g/mol. The van der Waals surface area contributed by atoms with Gasteiger partial charge in [0.15, 0.2) is 0 Å². The van der Waals surface area contributed by atoms with E-state index in [-0.39, 0.29) is 0 Å². The summed E-state index contributed by atoms with van der Waals surface area (Å²) in [5, 5.41) is 3.50. The second kappa shape index (κ2) is 5.50. The number of nitrogens with one attached hydrogen (secondary N) is 1. The maximum Gasteiger partial charge on any atom is 0.0130 e. The Morgan fingerprint density at radius 2 is 1.24 bits per heavy atom. The Morgan fingerprint density at radius 3 is 1.81 bits per heavy atom. The molecule has 2 aliphatic rings. The third kappa shape index (κ3) is 2.32. The van der Waals surface area contributed by atoms with E-state index in [1.54, 1.807) is 0 Å². The first-order valence-electron chi connectivity index (χ1n) is 8.00. The van der Waals surface area contributed by atoms with E-state index in [2.05, 4.69) is 66.0 Å². The number of hydrogen-bond donors (Lipinski definition) is 1. The third-order valence-electron chi connectivity index (χ3n) is 4.96. The lowest BCUT2D eigenvalue weighted by molar-refractivity contribution is 0.342. The number of hydrogen-bond acceptors (Lipinski definition) is 1. The Hall–Kier alpha value is -1.86. The first kappa shape index (κ1) is 12.8. The highest BCUT2D eigenvalue weighted by Gasteiger charge is 2.29. The smallest absolute Gasteiger partial charge is 0.0130 e. The van der Waals surface area contributed by atoms with Crippen molar-refractivity contribution in [2.75, 3.05) is 13.1 Å². The SMILES string of the molecule is C1=Cc2ccccc2C(C2CCNCC2)c2ccccc21. The summed E-state index contributed by atoms with van der Waals surface area (Å²) in [6, 6.07) is 17.8. The average Bonchev–Trinajstić information content (AvgIpc) is 2.72. The van der Waals surface area contributed by atoms with Crippen LogP contribution >= 0.6 is 0 Å². The molecule has 1 fully saturated rings. The van der Waals surface area contributed by atoms with Gasteiger partial charge in [-0.05, 0) is 54.1 Å². The van der Waals surface area contributed by atoms with Gasteiger partial charge in [-0.2, -0.15) is 0 Å². The molecule has 1 aliphatic carbocycles. The van der Waals surface area contributed by atoms with Gasteiger partial charge in [0, 0.05) is 5.92 Å². The molecule has 0 saturated carbocycles. The van der Waals surface area contributed by atoms with E-state index in [1.165, 1.54) is 35.1 Å². The lowest BCUT2D eigenvalue weighted by atomic mass is 9.75. The fourth-order valence-corrected chi connectivity index (χ4v) is 3.92. The summed E-state index contributed by atoms with van der Waals surface area (Å²) in [6.07, 6.45) is 7.12.